The first kappa shape index (κ1) is 16.6. The lowest BCUT2D eigenvalue weighted by Gasteiger charge is -1.95. The molecule has 0 spiro atoms. The Bertz CT molecular complexity index is 731. The third-order valence-corrected chi connectivity index (χ3v) is 4.20. The molecule has 0 unspecified atom stereocenters. The quantitative estimate of drug-likeness (QED) is 0.635. The summed E-state index contributed by atoms with van der Waals surface area (Å²) in [6.07, 6.45) is 0. The zero-order chi connectivity index (χ0) is 15.9. The minimum absolute atomic E-state index is 0.0937. The molecule has 3 nitrogen and oxygen atoms in total. The van der Waals surface area contributed by atoms with Gasteiger partial charge in [-0.15, -0.1) is 0 Å². The first-order valence-corrected chi connectivity index (χ1v) is 8.63. The molecule has 22 heavy (non-hydrogen) atoms. The molecule has 0 fully saturated rings. The molecule has 0 aliphatic carbocycles. The maximum Gasteiger partial charge on any atom is 0.329 e. The molecular formula is C18H21BrN2O. The summed E-state index contributed by atoms with van der Waals surface area (Å²) in [4.78, 5) is 11.9. The number of benzene rings is 2. The van der Waals surface area contributed by atoms with Gasteiger partial charge in [0.2, 0.25) is 0 Å². The summed E-state index contributed by atoms with van der Waals surface area (Å²) in [5, 5.41) is 0.952. The molecule has 0 atom stereocenters. The van der Waals surface area contributed by atoms with E-state index in [2.05, 4.69) is 28.1 Å². The van der Waals surface area contributed by atoms with Gasteiger partial charge >= 0.3 is 5.69 Å². The molecule has 0 bridgehead atoms. The number of para-hydroxylation sites is 2. The van der Waals surface area contributed by atoms with Crippen LogP contribution in [0.2, 0.25) is 0 Å². The fourth-order valence-corrected chi connectivity index (χ4v) is 2.82. The van der Waals surface area contributed by atoms with Crippen LogP contribution in [0.3, 0.4) is 0 Å². The molecule has 0 N–H and O–H groups in total. The Morgan fingerprint density at radius 3 is 1.64 bits per heavy atom. The summed E-state index contributed by atoms with van der Waals surface area (Å²) in [5.41, 5.74) is 3.48. The number of nitrogens with zero attached hydrogens (tertiary/aromatic N) is 2. The highest BCUT2D eigenvalue weighted by atomic mass is 79.9. The monoisotopic (exact) mass is 360 g/mol. The summed E-state index contributed by atoms with van der Waals surface area (Å²) in [5.74, 6) is 0. The minimum Gasteiger partial charge on any atom is -0.292 e. The fraction of sp³-hybridized carbons (Fsp3) is 0.278. The van der Waals surface area contributed by atoms with Crippen LogP contribution in [0.1, 0.15) is 19.4 Å². The lowest BCUT2D eigenvalue weighted by molar-refractivity contribution is 0.671. The molecule has 1 aromatic heterocycles. The summed E-state index contributed by atoms with van der Waals surface area (Å²) >= 11 is 3.36. The fourth-order valence-electron chi connectivity index (χ4n) is 2.45. The standard InChI is InChI=1S/C11H14N2O.C7H7Br/c1-3-12-9-7-5-6-8-10(9)13(4-2)11(12)14;8-6-7-4-2-1-3-5-7/h5-8H,3-4H2,1-2H3;1-5H,6H2. The lowest BCUT2D eigenvalue weighted by atomic mass is 10.2. The van der Waals surface area contributed by atoms with E-state index in [0.717, 1.165) is 29.5 Å². The zero-order valence-corrected chi connectivity index (χ0v) is 14.6. The average molecular weight is 361 g/mol. The SMILES string of the molecule is BrCc1ccccc1.CCn1c(=O)n(CC)c2ccccc21. The molecule has 1 heterocycles. The number of rotatable bonds is 3. The highest BCUT2D eigenvalue weighted by Gasteiger charge is 2.08. The summed E-state index contributed by atoms with van der Waals surface area (Å²) in [7, 11) is 0. The van der Waals surface area contributed by atoms with Gasteiger partial charge in [-0.05, 0) is 31.5 Å². The molecule has 3 aromatic rings. The topological polar surface area (TPSA) is 26.9 Å². The molecule has 3 rings (SSSR count). The van der Waals surface area contributed by atoms with Gasteiger partial charge in [-0.25, -0.2) is 4.79 Å². The van der Waals surface area contributed by atoms with Crippen molar-refractivity contribution in [3.63, 3.8) is 0 Å². The van der Waals surface area contributed by atoms with E-state index in [0.29, 0.717) is 0 Å². The van der Waals surface area contributed by atoms with Gasteiger partial charge < -0.3 is 0 Å². The Labute approximate surface area is 139 Å². The van der Waals surface area contributed by atoms with Crippen molar-refractivity contribution in [3.05, 3.63) is 70.6 Å². The first-order chi connectivity index (χ1) is 10.7. The van der Waals surface area contributed by atoms with Crippen molar-refractivity contribution >= 4 is 27.0 Å². The van der Waals surface area contributed by atoms with Gasteiger partial charge in [0.05, 0.1) is 11.0 Å². The third-order valence-electron chi connectivity index (χ3n) is 3.55. The highest BCUT2D eigenvalue weighted by molar-refractivity contribution is 9.08. The zero-order valence-electron chi connectivity index (χ0n) is 13.0. The van der Waals surface area contributed by atoms with Crippen LogP contribution in [0.5, 0.6) is 0 Å². The summed E-state index contributed by atoms with van der Waals surface area (Å²) < 4.78 is 3.61. The Morgan fingerprint density at radius 2 is 1.27 bits per heavy atom. The van der Waals surface area contributed by atoms with Crippen molar-refractivity contribution in [1.82, 2.24) is 9.13 Å². The highest BCUT2D eigenvalue weighted by Crippen LogP contribution is 2.11. The van der Waals surface area contributed by atoms with E-state index in [1.807, 2.05) is 56.3 Å². The van der Waals surface area contributed by atoms with Crippen molar-refractivity contribution in [2.24, 2.45) is 0 Å². The molecule has 0 saturated heterocycles. The largest absolute Gasteiger partial charge is 0.329 e. The van der Waals surface area contributed by atoms with Crippen molar-refractivity contribution in [3.8, 4) is 0 Å². The maximum atomic E-state index is 11.9. The summed E-state index contributed by atoms with van der Waals surface area (Å²) in [6.45, 7) is 5.44. The van der Waals surface area contributed by atoms with E-state index < -0.39 is 0 Å². The molecule has 2 aromatic carbocycles. The summed E-state index contributed by atoms with van der Waals surface area (Å²) in [6, 6.07) is 18.2. The molecule has 0 amide bonds. The number of aromatic nitrogens is 2. The number of imidazole rings is 1. The number of aryl methyl sites for hydroxylation is 2. The number of hydrogen-bond donors (Lipinski definition) is 0. The average Bonchev–Trinajstić information content (AvgIpc) is 2.86. The van der Waals surface area contributed by atoms with Crippen molar-refractivity contribution in [1.29, 1.82) is 0 Å². The molecule has 4 heteroatoms. The number of hydrogen-bond acceptors (Lipinski definition) is 1. The van der Waals surface area contributed by atoms with Gasteiger partial charge in [0.25, 0.3) is 0 Å². The Balaban J connectivity index is 0.000000188. The predicted octanol–water partition coefficient (Wildman–Crippen LogP) is 4.42. The Morgan fingerprint density at radius 1 is 0.818 bits per heavy atom. The van der Waals surface area contributed by atoms with E-state index >= 15 is 0 Å². The molecule has 0 aliphatic heterocycles. The van der Waals surface area contributed by atoms with E-state index in [4.69, 9.17) is 0 Å². The van der Waals surface area contributed by atoms with Crippen molar-refractivity contribution < 1.29 is 0 Å². The lowest BCUT2D eigenvalue weighted by Crippen LogP contribution is -2.22. The number of fused-ring (bicyclic) bond motifs is 1. The van der Waals surface area contributed by atoms with Crippen LogP contribution in [-0.4, -0.2) is 9.13 Å². The predicted molar refractivity (Wildman–Crippen MR) is 96.6 cm³/mol. The van der Waals surface area contributed by atoms with Crippen LogP contribution >= 0.6 is 15.9 Å². The van der Waals surface area contributed by atoms with Crippen LogP contribution in [-0.2, 0) is 18.4 Å². The molecule has 116 valence electrons. The van der Waals surface area contributed by atoms with Gasteiger partial charge in [-0.3, -0.25) is 9.13 Å². The minimum atomic E-state index is 0.0937. The van der Waals surface area contributed by atoms with Crippen LogP contribution < -0.4 is 5.69 Å². The molecule has 0 radical (unpaired) electrons. The Kier molecular flexibility index (Phi) is 6.01. The van der Waals surface area contributed by atoms with Gasteiger partial charge in [-0.1, -0.05) is 58.4 Å². The third kappa shape index (κ3) is 3.50. The molecular weight excluding hydrogens is 340 g/mol. The second-order valence-electron chi connectivity index (χ2n) is 4.88. The van der Waals surface area contributed by atoms with Gasteiger partial charge in [0.1, 0.15) is 0 Å². The first-order valence-electron chi connectivity index (χ1n) is 7.50. The second-order valence-corrected chi connectivity index (χ2v) is 5.44. The number of alkyl halides is 1. The van der Waals surface area contributed by atoms with Crippen molar-refractivity contribution in [2.75, 3.05) is 0 Å². The van der Waals surface area contributed by atoms with Gasteiger partial charge in [0.15, 0.2) is 0 Å². The van der Waals surface area contributed by atoms with Gasteiger partial charge in [0, 0.05) is 18.4 Å². The van der Waals surface area contributed by atoms with Crippen LogP contribution in [0.15, 0.2) is 59.4 Å². The van der Waals surface area contributed by atoms with E-state index in [-0.39, 0.29) is 5.69 Å². The second kappa shape index (κ2) is 7.99. The van der Waals surface area contributed by atoms with Crippen LogP contribution in [0, 0.1) is 0 Å². The normalized spacial score (nSPS) is 10.3. The van der Waals surface area contributed by atoms with Crippen LogP contribution in [0.4, 0.5) is 0 Å². The van der Waals surface area contributed by atoms with E-state index in [1.54, 1.807) is 9.13 Å². The van der Waals surface area contributed by atoms with Crippen LogP contribution in [0.25, 0.3) is 11.0 Å². The Hall–Kier alpha value is -1.81. The van der Waals surface area contributed by atoms with E-state index in [1.165, 1.54) is 5.56 Å². The number of halogens is 1. The smallest absolute Gasteiger partial charge is 0.292 e. The van der Waals surface area contributed by atoms with Crippen molar-refractivity contribution in [2.45, 2.75) is 32.3 Å². The maximum absolute atomic E-state index is 11.9. The molecule has 0 saturated carbocycles. The molecule has 0 aliphatic rings. The van der Waals surface area contributed by atoms with Gasteiger partial charge in [-0.2, -0.15) is 0 Å². The van der Waals surface area contributed by atoms with E-state index in [9.17, 15) is 4.79 Å².